The Bertz CT molecular complexity index is 892. The van der Waals surface area contributed by atoms with Crippen molar-refractivity contribution in [1.29, 1.82) is 0 Å². The van der Waals surface area contributed by atoms with Crippen LogP contribution in [0.3, 0.4) is 0 Å². The minimum atomic E-state index is -1.29. The largest absolute Gasteiger partial charge is 0.478 e. The number of ether oxygens (including phenoxy) is 2. The first-order valence-corrected chi connectivity index (χ1v) is 7.44. The molecule has 0 atom stereocenters. The van der Waals surface area contributed by atoms with Gasteiger partial charge >= 0.3 is 17.6 Å². The molecule has 0 unspecified atom stereocenters. The SMILES string of the molecule is COC(=O)c1ccc(NC(=O)COc2cc(C(=O)O)ccc2[N+](=O)[O-])cc1. The predicted octanol–water partition coefficient (Wildman–Crippen LogP) is 2.10. The van der Waals surface area contributed by atoms with E-state index in [9.17, 15) is 24.5 Å². The zero-order valence-corrected chi connectivity index (χ0v) is 14.0. The summed E-state index contributed by atoms with van der Waals surface area (Å²) in [5, 5.41) is 22.4. The molecule has 2 rings (SSSR count). The Hall–Kier alpha value is -3.95. The number of hydrogen-bond donors (Lipinski definition) is 2. The lowest BCUT2D eigenvalue weighted by atomic mass is 10.2. The Balaban J connectivity index is 2.04. The average molecular weight is 374 g/mol. The van der Waals surface area contributed by atoms with Crippen LogP contribution >= 0.6 is 0 Å². The smallest absolute Gasteiger partial charge is 0.337 e. The molecule has 0 radical (unpaired) electrons. The maximum atomic E-state index is 11.9. The fourth-order valence-electron chi connectivity index (χ4n) is 2.06. The third-order valence-corrected chi connectivity index (χ3v) is 3.35. The van der Waals surface area contributed by atoms with Crippen LogP contribution in [0.5, 0.6) is 5.75 Å². The Morgan fingerprint density at radius 1 is 1.11 bits per heavy atom. The number of esters is 1. The quantitative estimate of drug-likeness (QED) is 0.426. The van der Waals surface area contributed by atoms with Gasteiger partial charge in [-0.15, -0.1) is 0 Å². The molecule has 0 saturated carbocycles. The highest BCUT2D eigenvalue weighted by molar-refractivity contribution is 5.94. The molecule has 0 aromatic heterocycles. The van der Waals surface area contributed by atoms with Crippen molar-refractivity contribution in [3.8, 4) is 5.75 Å². The van der Waals surface area contributed by atoms with Crippen LogP contribution in [0.4, 0.5) is 11.4 Å². The van der Waals surface area contributed by atoms with E-state index in [2.05, 4.69) is 10.1 Å². The number of benzene rings is 2. The minimum Gasteiger partial charge on any atom is -0.478 e. The van der Waals surface area contributed by atoms with Crippen molar-refractivity contribution in [2.75, 3.05) is 19.0 Å². The van der Waals surface area contributed by atoms with E-state index in [1.807, 2.05) is 0 Å². The van der Waals surface area contributed by atoms with Gasteiger partial charge in [-0.25, -0.2) is 9.59 Å². The summed E-state index contributed by atoms with van der Waals surface area (Å²) >= 11 is 0. The van der Waals surface area contributed by atoms with Crippen molar-refractivity contribution < 1.29 is 33.9 Å². The van der Waals surface area contributed by atoms with Crippen LogP contribution in [-0.2, 0) is 9.53 Å². The number of carbonyl (C=O) groups excluding carboxylic acids is 2. The summed E-state index contributed by atoms with van der Waals surface area (Å²) in [5.41, 5.74) is -0.0115. The molecule has 0 aliphatic rings. The molecule has 140 valence electrons. The Labute approximate surface area is 152 Å². The van der Waals surface area contributed by atoms with Crippen molar-refractivity contribution in [2.24, 2.45) is 0 Å². The van der Waals surface area contributed by atoms with Crippen LogP contribution < -0.4 is 10.1 Å². The molecule has 0 aliphatic carbocycles. The highest BCUT2D eigenvalue weighted by Gasteiger charge is 2.19. The molecule has 0 fully saturated rings. The number of amides is 1. The van der Waals surface area contributed by atoms with Gasteiger partial charge in [0.1, 0.15) is 0 Å². The van der Waals surface area contributed by atoms with Gasteiger partial charge in [-0.2, -0.15) is 0 Å². The monoisotopic (exact) mass is 374 g/mol. The molecule has 2 aromatic carbocycles. The standard InChI is InChI=1S/C17H14N2O8/c1-26-17(23)10-2-5-12(6-3-10)18-15(20)9-27-14-8-11(16(21)22)4-7-13(14)19(24)25/h2-8H,9H2,1H3,(H,18,20)(H,21,22). The summed E-state index contributed by atoms with van der Waals surface area (Å²) < 4.78 is 9.67. The van der Waals surface area contributed by atoms with E-state index in [-0.39, 0.29) is 11.3 Å². The minimum absolute atomic E-state index is 0.214. The van der Waals surface area contributed by atoms with E-state index < -0.39 is 35.1 Å². The number of methoxy groups -OCH3 is 1. The van der Waals surface area contributed by atoms with Gasteiger partial charge in [-0.1, -0.05) is 0 Å². The van der Waals surface area contributed by atoms with Crippen molar-refractivity contribution >= 4 is 29.2 Å². The van der Waals surface area contributed by atoms with Crippen LogP contribution in [0.15, 0.2) is 42.5 Å². The van der Waals surface area contributed by atoms with Gasteiger partial charge in [0, 0.05) is 17.8 Å². The first-order valence-electron chi connectivity index (χ1n) is 7.44. The van der Waals surface area contributed by atoms with E-state index in [1.54, 1.807) is 0 Å². The summed E-state index contributed by atoms with van der Waals surface area (Å²) in [6.45, 7) is -0.581. The van der Waals surface area contributed by atoms with E-state index in [0.29, 0.717) is 11.3 Å². The molecular weight excluding hydrogens is 360 g/mol. The summed E-state index contributed by atoms with van der Waals surface area (Å²) in [4.78, 5) is 44.5. The number of anilines is 1. The fraction of sp³-hybridized carbons (Fsp3) is 0.118. The van der Waals surface area contributed by atoms with Crippen LogP contribution in [0.2, 0.25) is 0 Å². The third-order valence-electron chi connectivity index (χ3n) is 3.35. The molecule has 10 nitrogen and oxygen atoms in total. The summed E-state index contributed by atoms with van der Waals surface area (Å²) in [7, 11) is 1.24. The zero-order chi connectivity index (χ0) is 20.0. The molecule has 0 bridgehead atoms. The Morgan fingerprint density at radius 3 is 2.30 bits per heavy atom. The number of nitro groups is 1. The Kier molecular flexibility index (Phi) is 6.05. The van der Waals surface area contributed by atoms with Crippen molar-refractivity contribution in [3.63, 3.8) is 0 Å². The van der Waals surface area contributed by atoms with E-state index >= 15 is 0 Å². The highest BCUT2D eigenvalue weighted by Crippen LogP contribution is 2.28. The van der Waals surface area contributed by atoms with E-state index in [0.717, 1.165) is 18.2 Å². The molecule has 1 amide bonds. The van der Waals surface area contributed by atoms with E-state index in [4.69, 9.17) is 9.84 Å². The van der Waals surface area contributed by atoms with Gasteiger partial charge in [0.2, 0.25) is 0 Å². The third kappa shape index (κ3) is 5.01. The first kappa shape index (κ1) is 19.4. The molecular formula is C17H14N2O8. The normalized spacial score (nSPS) is 9.96. The van der Waals surface area contributed by atoms with Crippen LogP contribution in [0, 0.1) is 10.1 Å². The van der Waals surface area contributed by atoms with Gasteiger partial charge in [-0.3, -0.25) is 14.9 Å². The number of hydrogen-bond acceptors (Lipinski definition) is 7. The van der Waals surface area contributed by atoms with E-state index in [1.165, 1.54) is 31.4 Å². The number of nitro benzene ring substituents is 1. The van der Waals surface area contributed by atoms with Crippen molar-refractivity contribution in [2.45, 2.75) is 0 Å². The first-order chi connectivity index (χ1) is 12.8. The average Bonchev–Trinajstić information content (AvgIpc) is 2.65. The molecule has 0 spiro atoms. The molecule has 27 heavy (non-hydrogen) atoms. The number of aromatic carboxylic acids is 1. The number of nitrogens with zero attached hydrogens (tertiary/aromatic N) is 1. The topological polar surface area (TPSA) is 145 Å². The highest BCUT2D eigenvalue weighted by atomic mass is 16.6. The number of carboxylic acids is 1. The maximum absolute atomic E-state index is 11.9. The molecule has 2 aromatic rings. The van der Waals surface area contributed by atoms with Crippen LogP contribution in [-0.4, -0.2) is 41.6 Å². The van der Waals surface area contributed by atoms with Crippen molar-refractivity contribution in [3.05, 3.63) is 63.7 Å². The molecule has 2 N–H and O–H groups in total. The van der Waals surface area contributed by atoms with Crippen LogP contribution in [0.25, 0.3) is 0 Å². The van der Waals surface area contributed by atoms with Crippen LogP contribution in [0.1, 0.15) is 20.7 Å². The predicted molar refractivity (Wildman–Crippen MR) is 92.0 cm³/mol. The van der Waals surface area contributed by atoms with Gasteiger partial charge < -0.3 is 19.9 Å². The summed E-state index contributed by atoms with van der Waals surface area (Å²) in [6.07, 6.45) is 0. The van der Waals surface area contributed by atoms with Crippen molar-refractivity contribution in [1.82, 2.24) is 0 Å². The van der Waals surface area contributed by atoms with Gasteiger partial charge in [0.05, 0.1) is 23.2 Å². The molecule has 0 heterocycles. The second-order valence-corrected chi connectivity index (χ2v) is 5.15. The molecule has 10 heteroatoms. The molecule has 0 saturated heterocycles. The number of rotatable bonds is 7. The second kappa shape index (κ2) is 8.43. The zero-order valence-electron chi connectivity index (χ0n) is 14.0. The number of carboxylic acid groups (broad SMARTS) is 1. The molecule has 0 aliphatic heterocycles. The summed E-state index contributed by atoms with van der Waals surface area (Å²) in [6, 6.07) is 8.86. The summed E-state index contributed by atoms with van der Waals surface area (Å²) in [5.74, 6) is -2.78. The number of carbonyl (C=O) groups is 3. The lowest BCUT2D eigenvalue weighted by molar-refractivity contribution is -0.385. The lowest BCUT2D eigenvalue weighted by Crippen LogP contribution is -2.20. The van der Waals surface area contributed by atoms with Gasteiger partial charge in [0.15, 0.2) is 12.4 Å². The van der Waals surface area contributed by atoms with Gasteiger partial charge in [-0.05, 0) is 30.3 Å². The lowest BCUT2D eigenvalue weighted by Gasteiger charge is -2.09. The van der Waals surface area contributed by atoms with Gasteiger partial charge in [0.25, 0.3) is 5.91 Å². The fourth-order valence-corrected chi connectivity index (χ4v) is 2.06. The number of nitrogens with one attached hydrogen (secondary N) is 1. The Morgan fingerprint density at radius 2 is 1.74 bits per heavy atom. The second-order valence-electron chi connectivity index (χ2n) is 5.15. The maximum Gasteiger partial charge on any atom is 0.337 e.